The van der Waals surface area contributed by atoms with Crippen molar-refractivity contribution in [2.75, 3.05) is 47.5 Å². The lowest BCUT2D eigenvalue weighted by Crippen LogP contribution is -3.13. The quantitative estimate of drug-likeness (QED) is 0.754. The molecule has 0 spiro atoms. The number of carbonyl (C=O) groups is 1. The Morgan fingerprint density at radius 2 is 1.79 bits per heavy atom. The number of benzene rings is 1. The van der Waals surface area contributed by atoms with E-state index in [-0.39, 0.29) is 0 Å². The number of quaternary nitrogens is 1. The average molecular weight is 404 g/mol. The molecule has 3 atom stereocenters. The van der Waals surface area contributed by atoms with Crippen LogP contribution in [0, 0.1) is 17.8 Å². The summed E-state index contributed by atoms with van der Waals surface area (Å²) in [6, 6.07) is 3.99. The Bertz CT molecular complexity index is 730. The smallest absolute Gasteiger partial charge is 0.223 e. The molecular weight excluding hydrogens is 368 g/mol. The van der Waals surface area contributed by atoms with Crippen molar-refractivity contribution in [3.05, 3.63) is 17.7 Å². The van der Waals surface area contributed by atoms with Gasteiger partial charge in [0.1, 0.15) is 6.54 Å². The van der Waals surface area contributed by atoms with Gasteiger partial charge in [-0.05, 0) is 49.1 Å². The molecule has 2 bridgehead atoms. The zero-order valence-corrected chi connectivity index (χ0v) is 18.0. The second-order valence-electron chi connectivity index (χ2n) is 8.94. The molecule has 3 aliphatic rings. The standard InChI is InChI=1S/C23H34N2O4/c1-27-20-7-6-18(22(28-2)23(20)29-3)15-24-8-10-25(11-9-24)21(26)14-19-13-16-4-5-17(19)12-16/h6-7,16-17,19H,4-5,8-15H2,1-3H3/p+1/t16-,17+,19+/m0/s1. The Morgan fingerprint density at radius 1 is 1.03 bits per heavy atom. The van der Waals surface area contributed by atoms with Gasteiger partial charge < -0.3 is 24.0 Å². The predicted octanol–water partition coefficient (Wildman–Crippen LogP) is 1.77. The molecule has 6 heteroatoms. The van der Waals surface area contributed by atoms with Crippen LogP contribution in [0.4, 0.5) is 0 Å². The van der Waals surface area contributed by atoms with Crippen LogP contribution in [-0.2, 0) is 11.3 Å². The summed E-state index contributed by atoms with van der Waals surface area (Å²) in [6.45, 7) is 4.51. The molecular formula is C23H35N2O4+. The van der Waals surface area contributed by atoms with Crippen molar-refractivity contribution in [2.45, 2.75) is 38.6 Å². The maximum absolute atomic E-state index is 12.8. The molecule has 1 heterocycles. The minimum atomic E-state index is 0.380. The SMILES string of the molecule is COc1ccc(C[NH+]2CCN(C(=O)C[C@H]3C[C@H]4CC[C@@H]3C4)CC2)c(OC)c1OC. The summed E-state index contributed by atoms with van der Waals surface area (Å²) in [5.41, 5.74) is 1.11. The number of amides is 1. The number of hydrogen-bond acceptors (Lipinski definition) is 4. The van der Waals surface area contributed by atoms with Crippen molar-refractivity contribution >= 4 is 5.91 Å². The van der Waals surface area contributed by atoms with E-state index in [2.05, 4.69) is 11.0 Å². The van der Waals surface area contributed by atoms with E-state index in [4.69, 9.17) is 14.2 Å². The first-order valence-electron chi connectivity index (χ1n) is 11.0. The normalized spacial score (nSPS) is 26.6. The van der Waals surface area contributed by atoms with Crippen LogP contribution in [0.3, 0.4) is 0 Å². The van der Waals surface area contributed by atoms with Crippen molar-refractivity contribution < 1.29 is 23.9 Å². The van der Waals surface area contributed by atoms with Gasteiger partial charge in [-0.25, -0.2) is 0 Å². The van der Waals surface area contributed by atoms with Crippen molar-refractivity contribution in [3.63, 3.8) is 0 Å². The van der Waals surface area contributed by atoms with Crippen LogP contribution in [0.2, 0.25) is 0 Å². The monoisotopic (exact) mass is 403 g/mol. The van der Waals surface area contributed by atoms with E-state index in [1.165, 1.54) is 30.6 Å². The molecule has 1 amide bonds. The summed E-state index contributed by atoms with van der Waals surface area (Å²) in [5, 5.41) is 0. The first-order chi connectivity index (χ1) is 14.1. The van der Waals surface area contributed by atoms with Gasteiger partial charge in [0.05, 0.1) is 53.1 Å². The number of ether oxygens (including phenoxy) is 3. The third-order valence-electron chi connectivity index (χ3n) is 7.37. The van der Waals surface area contributed by atoms with Gasteiger partial charge in [-0.15, -0.1) is 0 Å². The molecule has 29 heavy (non-hydrogen) atoms. The zero-order chi connectivity index (χ0) is 20.4. The molecule has 1 aliphatic heterocycles. The topological polar surface area (TPSA) is 52.4 Å². The van der Waals surface area contributed by atoms with Gasteiger partial charge in [-0.1, -0.05) is 6.42 Å². The molecule has 1 saturated heterocycles. The summed E-state index contributed by atoms with van der Waals surface area (Å²) in [6.07, 6.45) is 6.20. The number of piperazine rings is 1. The minimum absolute atomic E-state index is 0.380. The van der Waals surface area contributed by atoms with E-state index in [9.17, 15) is 4.79 Å². The number of hydrogen-bond donors (Lipinski definition) is 1. The van der Waals surface area contributed by atoms with Crippen molar-refractivity contribution in [3.8, 4) is 17.2 Å². The molecule has 4 rings (SSSR count). The summed E-state index contributed by atoms with van der Waals surface area (Å²) < 4.78 is 16.5. The fourth-order valence-electron chi connectivity index (χ4n) is 5.80. The molecule has 6 nitrogen and oxygen atoms in total. The molecule has 0 aromatic heterocycles. The lowest BCUT2D eigenvalue weighted by molar-refractivity contribution is -0.917. The van der Waals surface area contributed by atoms with E-state index in [0.29, 0.717) is 23.3 Å². The van der Waals surface area contributed by atoms with Gasteiger partial charge >= 0.3 is 0 Å². The predicted molar refractivity (Wildman–Crippen MR) is 111 cm³/mol. The van der Waals surface area contributed by atoms with Crippen LogP contribution in [0.5, 0.6) is 17.2 Å². The molecule has 1 aromatic rings. The molecule has 0 unspecified atom stereocenters. The second-order valence-corrected chi connectivity index (χ2v) is 8.94. The Balaban J connectivity index is 1.31. The van der Waals surface area contributed by atoms with Crippen molar-refractivity contribution in [1.29, 1.82) is 0 Å². The molecule has 1 N–H and O–H groups in total. The van der Waals surface area contributed by atoms with Gasteiger partial charge in [-0.2, -0.15) is 0 Å². The Kier molecular flexibility index (Phi) is 6.18. The summed E-state index contributed by atoms with van der Waals surface area (Å²) in [5.74, 6) is 4.84. The van der Waals surface area contributed by atoms with Gasteiger partial charge in [0.25, 0.3) is 0 Å². The number of fused-ring (bicyclic) bond motifs is 2. The van der Waals surface area contributed by atoms with Crippen LogP contribution < -0.4 is 19.1 Å². The van der Waals surface area contributed by atoms with Gasteiger partial charge in [0, 0.05) is 6.42 Å². The van der Waals surface area contributed by atoms with Gasteiger partial charge in [-0.3, -0.25) is 4.79 Å². The van der Waals surface area contributed by atoms with E-state index < -0.39 is 0 Å². The number of methoxy groups -OCH3 is 3. The Hall–Kier alpha value is -1.95. The van der Waals surface area contributed by atoms with Crippen LogP contribution in [0.15, 0.2) is 12.1 Å². The second kappa shape index (κ2) is 8.82. The highest BCUT2D eigenvalue weighted by molar-refractivity contribution is 5.76. The molecule has 160 valence electrons. The molecule has 3 fully saturated rings. The molecule has 0 radical (unpaired) electrons. The maximum Gasteiger partial charge on any atom is 0.223 e. The Morgan fingerprint density at radius 3 is 2.38 bits per heavy atom. The van der Waals surface area contributed by atoms with E-state index in [1.54, 1.807) is 21.3 Å². The van der Waals surface area contributed by atoms with Gasteiger partial charge in [0.2, 0.25) is 11.7 Å². The van der Waals surface area contributed by atoms with Crippen molar-refractivity contribution in [1.82, 2.24) is 4.90 Å². The summed E-state index contributed by atoms with van der Waals surface area (Å²) in [4.78, 5) is 16.4. The van der Waals surface area contributed by atoms with Crippen LogP contribution >= 0.6 is 0 Å². The highest BCUT2D eigenvalue weighted by atomic mass is 16.5. The highest BCUT2D eigenvalue weighted by Crippen LogP contribution is 2.49. The van der Waals surface area contributed by atoms with Crippen LogP contribution in [0.1, 0.15) is 37.7 Å². The zero-order valence-electron chi connectivity index (χ0n) is 18.0. The molecule has 1 aromatic carbocycles. The Labute approximate surface area is 174 Å². The summed E-state index contributed by atoms with van der Waals surface area (Å²) >= 11 is 0. The van der Waals surface area contributed by atoms with Crippen molar-refractivity contribution in [2.24, 2.45) is 17.8 Å². The third-order valence-corrected chi connectivity index (χ3v) is 7.37. The highest BCUT2D eigenvalue weighted by Gasteiger charge is 2.41. The lowest BCUT2D eigenvalue weighted by Gasteiger charge is -2.34. The lowest BCUT2D eigenvalue weighted by atomic mass is 9.86. The number of carbonyl (C=O) groups excluding carboxylic acids is 1. The number of nitrogens with zero attached hydrogens (tertiary/aromatic N) is 1. The maximum atomic E-state index is 12.8. The van der Waals surface area contributed by atoms with E-state index >= 15 is 0 Å². The summed E-state index contributed by atoms with van der Waals surface area (Å²) in [7, 11) is 4.94. The number of nitrogens with one attached hydrogen (secondary N) is 1. The first-order valence-corrected chi connectivity index (χ1v) is 11.0. The first kappa shape index (κ1) is 20.3. The van der Waals surface area contributed by atoms with Gasteiger partial charge in [0.15, 0.2) is 11.5 Å². The fourth-order valence-corrected chi connectivity index (χ4v) is 5.80. The largest absolute Gasteiger partial charge is 0.493 e. The van der Waals surface area contributed by atoms with E-state index in [1.807, 2.05) is 6.07 Å². The molecule has 2 saturated carbocycles. The minimum Gasteiger partial charge on any atom is -0.493 e. The van der Waals surface area contributed by atoms with Crippen LogP contribution in [-0.4, -0.2) is 58.3 Å². The number of rotatable bonds is 7. The van der Waals surface area contributed by atoms with E-state index in [0.717, 1.165) is 62.3 Å². The average Bonchev–Trinajstić information content (AvgIpc) is 3.37. The molecule has 2 aliphatic carbocycles. The third kappa shape index (κ3) is 4.18. The van der Waals surface area contributed by atoms with Crippen LogP contribution in [0.25, 0.3) is 0 Å². The fraction of sp³-hybridized carbons (Fsp3) is 0.696.